The fourth-order valence-corrected chi connectivity index (χ4v) is 2.33. The number of rotatable bonds is 5. The van der Waals surface area contributed by atoms with Crippen LogP contribution in [0.5, 0.6) is 0 Å². The number of hydrogen-bond donors (Lipinski definition) is 2. The van der Waals surface area contributed by atoms with E-state index in [2.05, 4.69) is 31.0 Å². The fraction of sp³-hybridized carbons (Fsp3) is 1.00. The number of aliphatic hydroxyl groups excluding tert-OH is 1. The maximum Gasteiger partial charge on any atom is 0.0471 e. The van der Waals surface area contributed by atoms with Crippen LogP contribution in [0.25, 0.3) is 0 Å². The normalized spacial score (nSPS) is 27.4. The van der Waals surface area contributed by atoms with E-state index in [1.54, 1.807) is 0 Å². The molecule has 0 spiro atoms. The van der Waals surface area contributed by atoms with Gasteiger partial charge in [0.05, 0.1) is 0 Å². The summed E-state index contributed by atoms with van der Waals surface area (Å²) in [5.74, 6) is 0.352. The van der Waals surface area contributed by atoms with Crippen LogP contribution in [0.3, 0.4) is 0 Å². The first-order chi connectivity index (χ1) is 7.67. The van der Waals surface area contributed by atoms with Crippen molar-refractivity contribution in [1.29, 1.82) is 0 Å². The largest absolute Gasteiger partial charge is 0.396 e. The molecule has 0 aromatic heterocycles. The van der Waals surface area contributed by atoms with Gasteiger partial charge in [-0.2, -0.15) is 0 Å². The Labute approximate surface area is 100 Å². The Hall–Kier alpha value is -0.120. The summed E-state index contributed by atoms with van der Waals surface area (Å²) >= 11 is 0. The van der Waals surface area contributed by atoms with E-state index in [-0.39, 0.29) is 6.61 Å². The maximum absolute atomic E-state index is 9.12. The molecule has 1 aliphatic heterocycles. The Morgan fingerprint density at radius 1 is 1.31 bits per heavy atom. The molecule has 1 heterocycles. The predicted molar refractivity (Wildman–Crippen MR) is 68.6 cm³/mol. The van der Waals surface area contributed by atoms with Crippen molar-refractivity contribution in [3.63, 3.8) is 0 Å². The quantitative estimate of drug-likeness (QED) is 0.748. The Balaban J connectivity index is 2.32. The average Bonchev–Trinajstić information content (AvgIpc) is 2.53. The van der Waals surface area contributed by atoms with E-state index in [0.29, 0.717) is 18.0 Å². The van der Waals surface area contributed by atoms with E-state index in [0.717, 1.165) is 0 Å². The Morgan fingerprint density at radius 2 is 2.06 bits per heavy atom. The second-order valence-corrected chi connectivity index (χ2v) is 5.18. The number of nitrogens with one attached hydrogen (secondary N) is 1. The van der Waals surface area contributed by atoms with Crippen LogP contribution in [0.15, 0.2) is 0 Å². The number of hydrogen-bond acceptors (Lipinski definition) is 3. The Kier molecular flexibility index (Phi) is 6.32. The highest BCUT2D eigenvalue weighted by Gasteiger charge is 2.19. The van der Waals surface area contributed by atoms with Crippen molar-refractivity contribution in [3.8, 4) is 0 Å². The minimum Gasteiger partial charge on any atom is -0.396 e. The summed E-state index contributed by atoms with van der Waals surface area (Å²) in [6, 6.07) is 1.06. The highest BCUT2D eigenvalue weighted by molar-refractivity contribution is 4.78. The smallest absolute Gasteiger partial charge is 0.0471 e. The van der Waals surface area contributed by atoms with E-state index in [4.69, 9.17) is 5.11 Å². The van der Waals surface area contributed by atoms with E-state index < -0.39 is 0 Å². The average molecular weight is 228 g/mol. The summed E-state index contributed by atoms with van der Waals surface area (Å²) in [4.78, 5) is 2.53. The van der Waals surface area contributed by atoms with E-state index in [9.17, 15) is 0 Å². The Bertz CT molecular complexity index is 187. The lowest BCUT2D eigenvalue weighted by Gasteiger charge is -2.25. The van der Waals surface area contributed by atoms with Crippen molar-refractivity contribution in [2.75, 3.05) is 26.2 Å². The molecule has 16 heavy (non-hydrogen) atoms. The van der Waals surface area contributed by atoms with Gasteiger partial charge in [-0.3, -0.25) is 0 Å². The molecular formula is C13H28N2O. The summed E-state index contributed by atoms with van der Waals surface area (Å²) in [6.45, 7) is 10.4. The van der Waals surface area contributed by atoms with Gasteiger partial charge in [0.2, 0.25) is 0 Å². The lowest BCUT2D eigenvalue weighted by molar-refractivity contribution is 0.198. The van der Waals surface area contributed by atoms with Crippen molar-refractivity contribution in [2.45, 2.75) is 52.1 Å². The molecule has 0 aliphatic carbocycles. The molecule has 2 N–H and O–H groups in total. The molecule has 3 heteroatoms. The number of aliphatic hydroxyl groups is 1. The van der Waals surface area contributed by atoms with E-state index in [1.165, 1.54) is 38.9 Å². The van der Waals surface area contributed by atoms with Gasteiger partial charge in [-0.05, 0) is 51.7 Å². The molecule has 0 aromatic carbocycles. The lowest BCUT2D eigenvalue weighted by atomic mass is 10.0. The van der Waals surface area contributed by atoms with Crippen LogP contribution in [0.2, 0.25) is 0 Å². The van der Waals surface area contributed by atoms with Gasteiger partial charge in [-0.15, -0.1) is 0 Å². The van der Waals surface area contributed by atoms with Gasteiger partial charge in [0, 0.05) is 18.7 Å². The number of likely N-dealkylation sites (tertiary alicyclic amines) is 1. The maximum atomic E-state index is 9.12. The predicted octanol–water partition coefficient (Wildman–Crippen LogP) is 1.47. The van der Waals surface area contributed by atoms with Crippen LogP contribution in [0.1, 0.15) is 40.0 Å². The molecule has 0 radical (unpaired) electrons. The van der Waals surface area contributed by atoms with Gasteiger partial charge < -0.3 is 15.3 Å². The third-order valence-electron chi connectivity index (χ3n) is 3.91. The second kappa shape index (κ2) is 7.25. The zero-order chi connectivity index (χ0) is 12.0. The Morgan fingerprint density at radius 3 is 2.69 bits per heavy atom. The van der Waals surface area contributed by atoms with Crippen LogP contribution in [0, 0.1) is 5.92 Å². The molecule has 3 atom stereocenters. The number of nitrogens with zero attached hydrogens (tertiary/aromatic N) is 1. The topological polar surface area (TPSA) is 35.5 Å². The first-order valence-electron chi connectivity index (χ1n) is 6.76. The van der Waals surface area contributed by atoms with Gasteiger partial charge in [-0.25, -0.2) is 0 Å². The molecule has 0 amide bonds. The van der Waals surface area contributed by atoms with Crippen LogP contribution in [0.4, 0.5) is 0 Å². The summed E-state index contributed by atoms with van der Waals surface area (Å²) in [5.41, 5.74) is 0. The van der Waals surface area contributed by atoms with Crippen LogP contribution in [-0.2, 0) is 0 Å². The summed E-state index contributed by atoms with van der Waals surface area (Å²) in [7, 11) is 0. The van der Waals surface area contributed by atoms with Crippen molar-refractivity contribution in [2.24, 2.45) is 5.92 Å². The van der Waals surface area contributed by atoms with Crippen LogP contribution < -0.4 is 5.32 Å². The van der Waals surface area contributed by atoms with Gasteiger partial charge in [0.15, 0.2) is 0 Å². The summed E-state index contributed by atoms with van der Waals surface area (Å²) in [5, 5.41) is 12.8. The van der Waals surface area contributed by atoms with Gasteiger partial charge in [-0.1, -0.05) is 13.8 Å². The minimum atomic E-state index is 0.280. The van der Waals surface area contributed by atoms with E-state index >= 15 is 0 Å². The minimum absolute atomic E-state index is 0.280. The van der Waals surface area contributed by atoms with Crippen LogP contribution in [-0.4, -0.2) is 48.3 Å². The van der Waals surface area contributed by atoms with Gasteiger partial charge in [0.1, 0.15) is 0 Å². The molecule has 1 fully saturated rings. The van der Waals surface area contributed by atoms with Gasteiger partial charge in [0.25, 0.3) is 0 Å². The lowest BCUT2D eigenvalue weighted by Crippen LogP contribution is -2.41. The first kappa shape index (κ1) is 13.9. The zero-order valence-electron chi connectivity index (χ0n) is 11.1. The molecule has 1 rings (SSSR count). The molecule has 3 unspecified atom stereocenters. The van der Waals surface area contributed by atoms with Crippen molar-refractivity contribution >= 4 is 0 Å². The van der Waals surface area contributed by atoms with Crippen LogP contribution >= 0.6 is 0 Å². The molecule has 96 valence electrons. The van der Waals surface area contributed by atoms with Crippen molar-refractivity contribution in [3.05, 3.63) is 0 Å². The third kappa shape index (κ3) is 4.40. The second-order valence-electron chi connectivity index (χ2n) is 5.18. The highest BCUT2D eigenvalue weighted by atomic mass is 16.3. The monoisotopic (exact) mass is 228 g/mol. The summed E-state index contributed by atoms with van der Waals surface area (Å²) < 4.78 is 0. The standard InChI is InChI=1S/C13H28N2O/c1-4-15-8-5-6-13(7-9-15)14-12(3)11(2)10-16/h11-14,16H,4-10H2,1-3H3. The summed E-state index contributed by atoms with van der Waals surface area (Å²) in [6.07, 6.45) is 3.82. The molecule has 0 saturated carbocycles. The molecule has 1 saturated heterocycles. The fourth-order valence-electron chi connectivity index (χ4n) is 2.33. The van der Waals surface area contributed by atoms with Crippen molar-refractivity contribution < 1.29 is 5.11 Å². The molecule has 3 nitrogen and oxygen atoms in total. The first-order valence-corrected chi connectivity index (χ1v) is 6.76. The van der Waals surface area contributed by atoms with Crippen molar-refractivity contribution in [1.82, 2.24) is 10.2 Å². The highest BCUT2D eigenvalue weighted by Crippen LogP contribution is 2.13. The molecular weight excluding hydrogens is 200 g/mol. The van der Waals surface area contributed by atoms with Gasteiger partial charge >= 0.3 is 0 Å². The molecule has 1 aliphatic rings. The zero-order valence-corrected chi connectivity index (χ0v) is 11.1. The van der Waals surface area contributed by atoms with E-state index in [1.807, 2.05) is 0 Å². The third-order valence-corrected chi connectivity index (χ3v) is 3.91. The molecule has 0 aromatic rings. The SMILES string of the molecule is CCN1CCCC(NC(C)C(C)CO)CC1. The molecule has 0 bridgehead atoms.